The van der Waals surface area contributed by atoms with Gasteiger partial charge in [0.2, 0.25) is 5.91 Å². The highest BCUT2D eigenvalue weighted by Gasteiger charge is 2.36. The van der Waals surface area contributed by atoms with E-state index in [1.807, 2.05) is 60.7 Å². The molecule has 1 fully saturated rings. The quantitative estimate of drug-likeness (QED) is 0.643. The number of likely N-dealkylation sites (tertiary alicyclic amines) is 1. The van der Waals surface area contributed by atoms with Crippen molar-refractivity contribution in [2.75, 3.05) is 6.54 Å². The molecule has 31 heavy (non-hydrogen) atoms. The number of hydrogen-bond donors (Lipinski definition) is 2. The van der Waals surface area contributed by atoms with Gasteiger partial charge in [0.05, 0.1) is 0 Å². The van der Waals surface area contributed by atoms with E-state index in [2.05, 4.69) is 5.32 Å². The molecule has 2 amide bonds. The average molecular weight is 424 g/mol. The summed E-state index contributed by atoms with van der Waals surface area (Å²) in [6.45, 7) is 0.541. The number of amides is 2. The number of rotatable bonds is 9. The highest BCUT2D eigenvalue weighted by molar-refractivity contribution is 5.89. The second-order valence-corrected chi connectivity index (χ2v) is 7.67. The van der Waals surface area contributed by atoms with E-state index in [0.717, 1.165) is 17.5 Å². The van der Waals surface area contributed by atoms with E-state index in [1.54, 1.807) is 0 Å². The average Bonchev–Trinajstić information content (AvgIpc) is 3.28. The second-order valence-electron chi connectivity index (χ2n) is 7.67. The van der Waals surface area contributed by atoms with Crippen LogP contribution in [0.4, 0.5) is 4.79 Å². The molecule has 1 saturated heterocycles. The molecule has 164 valence electrons. The first-order valence-electron chi connectivity index (χ1n) is 10.6. The van der Waals surface area contributed by atoms with Gasteiger partial charge in [-0.1, -0.05) is 60.7 Å². The van der Waals surface area contributed by atoms with Gasteiger partial charge in [0.1, 0.15) is 18.7 Å². The van der Waals surface area contributed by atoms with Crippen molar-refractivity contribution in [2.45, 2.75) is 50.8 Å². The van der Waals surface area contributed by atoms with Crippen LogP contribution in [0.5, 0.6) is 0 Å². The van der Waals surface area contributed by atoms with E-state index in [1.165, 1.54) is 4.90 Å². The normalized spacial score (nSPS) is 16.5. The molecule has 0 unspecified atom stereocenters. The number of hydrogen-bond acceptors (Lipinski definition) is 4. The van der Waals surface area contributed by atoms with Gasteiger partial charge in [0, 0.05) is 6.54 Å². The SMILES string of the molecule is O=C(O)[C@H](CCCc1ccccc1)NC(=O)[C@H]1CCCN1C(=O)OCc1ccccc1. The Kier molecular flexibility index (Phi) is 8.04. The lowest BCUT2D eigenvalue weighted by molar-refractivity contribution is -0.142. The summed E-state index contributed by atoms with van der Waals surface area (Å²) in [5.74, 6) is -1.51. The Bertz CT molecular complexity index is 872. The van der Waals surface area contributed by atoms with Gasteiger partial charge in [-0.2, -0.15) is 0 Å². The van der Waals surface area contributed by atoms with Crippen LogP contribution in [0.25, 0.3) is 0 Å². The Labute approximate surface area is 182 Å². The van der Waals surface area contributed by atoms with Gasteiger partial charge in [-0.15, -0.1) is 0 Å². The number of ether oxygens (including phenoxy) is 1. The van der Waals surface area contributed by atoms with Crippen molar-refractivity contribution >= 4 is 18.0 Å². The molecular formula is C24H28N2O5. The third kappa shape index (κ3) is 6.57. The van der Waals surface area contributed by atoms with Crippen molar-refractivity contribution in [3.05, 3.63) is 71.8 Å². The summed E-state index contributed by atoms with van der Waals surface area (Å²) in [4.78, 5) is 38.3. The number of carbonyl (C=O) groups excluding carboxylic acids is 2. The zero-order valence-corrected chi connectivity index (χ0v) is 17.4. The molecule has 0 aliphatic carbocycles. The van der Waals surface area contributed by atoms with E-state index >= 15 is 0 Å². The molecule has 2 N–H and O–H groups in total. The standard InChI is InChI=1S/C24H28N2O5/c27-22(25-20(23(28)29)14-7-13-18-9-3-1-4-10-18)21-15-8-16-26(21)24(30)31-17-19-11-5-2-6-12-19/h1-6,9-12,20-21H,7-8,13-17H2,(H,25,27)(H,28,29)/t20-,21+/m0/s1. The number of carbonyl (C=O) groups is 3. The number of carboxylic acids is 1. The summed E-state index contributed by atoms with van der Waals surface area (Å²) in [6.07, 6.45) is 2.29. The minimum atomic E-state index is -1.07. The molecule has 3 rings (SSSR count). The highest BCUT2D eigenvalue weighted by Crippen LogP contribution is 2.20. The van der Waals surface area contributed by atoms with E-state index in [0.29, 0.717) is 32.2 Å². The summed E-state index contributed by atoms with van der Waals surface area (Å²) >= 11 is 0. The predicted molar refractivity (Wildman–Crippen MR) is 115 cm³/mol. The van der Waals surface area contributed by atoms with Gasteiger partial charge >= 0.3 is 12.1 Å². The Morgan fingerprint density at radius 2 is 1.68 bits per heavy atom. The third-order valence-electron chi connectivity index (χ3n) is 5.41. The molecule has 0 spiro atoms. The lowest BCUT2D eigenvalue weighted by Gasteiger charge is -2.25. The Hall–Kier alpha value is -3.35. The molecule has 2 aromatic carbocycles. The Morgan fingerprint density at radius 1 is 1.03 bits per heavy atom. The van der Waals surface area contributed by atoms with Crippen molar-refractivity contribution in [1.29, 1.82) is 0 Å². The Morgan fingerprint density at radius 3 is 2.32 bits per heavy atom. The minimum absolute atomic E-state index is 0.127. The number of aliphatic carboxylic acids is 1. The molecule has 0 aromatic heterocycles. The monoisotopic (exact) mass is 424 g/mol. The second kappa shape index (κ2) is 11.2. The fraction of sp³-hybridized carbons (Fsp3) is 0.375. The summed E-state index contributed by atoms with van der Waals surface area (Å²) in [5, 5.41) is 12.1. The van der Waals surface area contributed by atoms with Crippen LogP contribution in [0.2, 0.25) is 0 Å². The zero-order valence-electron chi connectivity index (χ0n) is 17.4. The molecule has 1 heterocycles. The summed E-state index contributed by atoms with van der Waals surface area (Å²) < 4.78 is 5.35. The van der Waals surface area contributed by atoms with Gasteiger partial charge in [0.15, 0.2) is 0 Å². The number of carboxylic acid groups (broad SMARTS) is 1. The first-order valence-corrected chi connectivity index (χ1v) is 10.6. The van der Waals surface area contributed by atoms with E-state index in [9.17, 15) is 19.5 Å². The van der Waals surface area contributed by atoms with Gasteiger partial charge in [-0.3, -0.25) is 9.69 Å². The Balaban J connectivity index is 1.51. The summed E-state index contributed by atoms with van der Waals surface area (Å²) in [5.41, 5.74) is 1.99. The largest absolute Gasteiger partial charge is 0.480 e. The number of nitrogens with zero attached hydrogens (tertiary/aromatic N) is 1. The number of benzene rings is 2. The van der Waals surface area contributed by atoms with Gasteiger partial charge in [0.25, 0.3) is 0 Å². The molecule has 1 aliphatic heterocycles. The number of nitrogens with one attached hydrogen (secondary N) is 1. The topological polar surface area (TPSA) is 95.9 Å². The van der Waals surface area contributed by atoms with Crippen LogP contribution in [0.15, 0.2) is 60.7 Å². The van der Waals surface area contributed by atoms with Gasteiger partial charge in [-0.25, -0.2) is 9.59 Å². The summed E-state index contributed by atoms with van der Waals surface area (Å²) in [7, 11) is 0. The molecule has 0 radical (unpaired) electrons. The molecule has 1 aliphatic rings. The van der Waals surface area contributed by atoms with Gasteiger partial charge in [-0.05, 0) is 43.2 Å². The van der Waals surface area contributed by atoms with E-state index < -0.39 is 30.1 Å². The molecule has 2 atom stereocenters. The van der Waals surface area contributed by atoms with Crippen molar-refractivity contribution in [2.24, 2.45) is 0 Å². The molecular weight excluding hydrogens is 396 g/mol. The van der Waals surface area contributed by atoms with Crippen LogP contribution >= 0.6 is 0 Å². The maximum Gasteiger partial charge on any atom is 0.410 e. The van der Waals surface area contributed by atoms with Crippen LogP contribution in [0.1, 0.15) is 36.8 Å². The molecule has 2 aromatic rings. The minimum Gasteiger partial charge on any atom is -0.480 e. The van der Waals surface area contributed by atoms with E-state index in [-0.39, 0.29) is 6.61 Å². The molecule has 7 nitrogen and oxygen atoms in total. The smallest absolute Gasteiger partial charge is 0.410 e. The van der Waals surface area contributed by atoms with Crippen LogP contribution in [-0.2, 0) is 27.4 Å². The van der Waals surface area contributed by atoms with E-state index in [4.69, 9.17) is 4.74 Å². The van der Waals surface area contributed by atoms with Crippen LogP contribution in [0, 0.1) is 0 Å². The van der Waals surface area contributed by atoms with Crippen LogP contribution in [0.3, 0.4) is 0 Å². The lowest BCUT2D eigenvalue weighted by Crippen LogP contribution is -2.51. The van der Waals surface area contributed by atoms with Gasteiger partial charge < -0.3 is 15.2 Å². The van der Waals surface area contributed by atoms with Crippen molar-refractivity contribution < 1.29 is 24.2 Å². The number of aryl methyl sites for hydroxylation is 1. The van der Waals surface area contributed by atoms with Crippen LogP contribution in [-0.4, -0.2) is 46.6 Å². The maximum absolute atomic E-state index is 12.8. The van der Waals surface area contributed by atoms with Crippen LogP contribution < -0.4 is 5.32 Å². The third-order valence-corrected chi connectivity index (χ3v) is 5.41. The molecule has 0 saturated carbocycles. The van der Waals surface area contributed by atoms with Crippen molar-refractivity contribution in [3.63, 3.8) is 0 Å². The maximum atomic E-state index is 12.8. The zero-order chi connectivity index (χ0) is 22.1. The summed E-state index contributed by atoms with van der Waals surface area (Å²) in [6, 6.07) is 17.4. The highest BCUT2D eigenvalue weighted by atomic mass is 16.6. The predicted octanol–water partition coefficient (Wildman–Crippen LogP) is 3.38. The first-order chi connectivity index (χ1) is 15.0. The van der Waals surface area contributed by atoms with Crippen molar-refractivity contribution in [1.82, 2.24) is 10.2 Å². The molecule has 0 bridgehead atoms. The first kappa shape index (κ1) is 22.3. The fourth-order valence-electron chi connectivity index (χ4n) is 3.74. The molecule has 7 heteroatoms. The van der Waals surface area contributed by atoms with Crippen molar-refractivity contribution in [3.8, 4) is 0 Å². The lowest BCUT2D eigenvalue weighted by atomic mass is 10.0. The fourth-order valence-corrected chi connectivity index (χ4v) is 3.74.